The fraction of sp³-hybridized carbons (Fsp3) is 0.281. The van der Waals surface area contributed by atoms with E-state index in [1.165, 1.54) is 52.7 Å². The second kappa shape index (κ2) is 14.3. The van der Waals surface area contributed by atoms with Gasteiger partial charge in [0, 0.05) is 47.0 Å². The minimum atomic E-state index is -1.22. The fourth-order valence-corrected chi connectivity index (χ4v) is 4.39. The van der Waals surface area contributed by atoms with Gasteiger partial charge in [-0.2, -0.15) is 0 Å². The third-order valence-electron chi connectivity index (χ3n) is 6.76. The first-order chi connectivity index (χ1) is 21.0. The van der Waals surface area contributed by atoms with Crippen LogP contribution in [0.3, 0.4) is 0 Å². The Morgan fingerprint density at radius 2 is 1.75 bits per heavy atom. The predicted molar refractivity (Wildman–Crippen MR) is 165 cm³/mol. The maximum Gasteiger partial charge on any atom is 0.410 e. The molecular weight excluding hydrogens is 567 g/mol. The van der Waals surface area contributed by atoms with E-state index in [0.717, 1.165) is 11.1 Å². The Balaban J connectivity index is 1.57. The van der Waals surface area contributed by atoms with Crippen LogP contribution >= 0.6 is 0 Å². The number of amides is 3. The van der Waals surface area contributed by atoms with Crippen LogP contribution in [0.15, 0.2) is 83.8 Å². The van der Waals surface area contributed by atoms with E-state index in [2.05, 4.69) is 10.3 Å². The average Bonchev–Trinajstić information content (AvgIpc) is 3.31. The number of nitrogens with zero attached hydrogens (tertiary/aromatic N) is 5. The van der Waals surface area contributed by atoms with E-state index >= 15 is 0 Å². The third-order valence-corrected chi connectivity index (χ3v) is 6.76. The lowest BCUT2D eigenvalue weighted by molar-refractivity contribution is -0.125. The van der Waals surface area contributed by atoms with Crippen LogP contribution < -0.4 is 10.9 Å². The highest BCUT2D eigenvalue weighted by atomic mass is 19.1. The normalized spacial score (nSPS) is 11.8. The van der Waals surface area contributed by atoms with Crippen LogP contribution in [0.5, 0.6) is 0 Å². The van der Waals surface area contributed by atoms with Crippen molar-refractivity contribution in [1.29, 1.82) is 0 Å². The van der Waals surface area contributed by atoms with Crippen molar-refractivity contribution >= 4 is 34.6 Å². The van der Waals surface area contributed by atoms with Crippen molar-refractivity contribution in [1.82, 2.24) is 23.9 Å². The van der Waals surface area contributed by atoms with Gasteiger partial charge in [-0.3, -0.25) is 14.4 Å². The lowest BCUT2D eigenvalue weighted by atomic mass is 10.1. The van der Waals surface area contributed by atoms with Gasteiger partial charge in [0.25, 0.3) is 11.5 Å². The zero-order chi connectivity index (χ0) is 31.8. The number of fused-ring (bicyclic) bond motifs is 1. The molecule has 3 amide bonds. The van der Waals surface area contributed by atoms with Gasteiger partial charge < -0.3 is 29.0 Å². The van der Waals surface area contributed by atoms with Crippen molar-refractivity contribution in [3.63, 3.8) is 0 Å². The third kappa shape index (κ3) is 7.97. The Morgan fingerprint density at radius 1 is 1.00 bits per heavy atom. The lowest BCUT2D eigenvalue weighted by Gasteiger charge is -2.20. The summed E-state index contributed by atoms with van der Waals surface area (Å²) in [4.78, 5) is 58.0. The lowest BCUT2D eigenvalue weighted by Crippen LogP contribution is -2.37. The molecule has 11 nitrogen and oxygen atoms in total. The number of anilines is 1. The molecule has 1 N–H and O–H groups in total. The summed E-state index contributed by atoms with van der Waals surface area (Å²) in [7, 11) is 6.21. The van der Waals surface area contributed by atoms with Crippen LogP contribution in [-0.4, -0.2) is 76.1 Å². The summed E-state index contributed by atoms with van der Waals surface area (Å²) < 4.78 is 22.7. The molecule has 230 valence electrons. The zero-order valence-corrected chi connectivity index (χ0v) is 25.1. The van der Waals surface area contributed by atoms with E-state index in [-0.39, 0.29) is 31.0 Å². The van der Waals surface area contributed by atoms with Gasteiger partial charge in [0.1, 0.15) is 17.3 Å². The summed E-state index contributed by atoms with van der Waals surface area (Å²) in [6, 6.07) is 17.1. The Bertz CT molecular complexity index is 1730. The van der Waals surface area contributed by atoms with Crippen molar-refractivity contribution in [3.05, 3.63) is 107 Å². The molecule has 12 heteroatoms. The Labute approximate surface area is 254 Å². The van der Waals surface area contributed by atoms with E-state index in [1.807, 2.05) is 34.9 Å². The smallest absolute Gasteiger partial charge is 0.410 e. The molecule has 1 atom stereocenters. The topological polar surface area (TPSA) is 119 Å². The monoisotopic (exact) mass is 602 g/mol. The minimum Gasteiger partial charge on any atom is -0.436 e. The largest absolute Gasteiger partial charge is 0.436 e. The van der Waals surface area contributed by atoms with E-state index in [9.17, 15) is 23.6 Å². The number of ether oxygens (including phenoxy) is 1. The molecule has 0 bridgehead atoms. The quantitative estimate of drug-likeness (QED) is 0.261. The molecular formula is C32H35FN6O5. The van der Waals surface area contributed by atoms with Gasteiger partial charge in [0.15, 0.2) is 6.10 Å². The second-order valence-corrected chi connectivity index (χ2v) is 10.6. The number of pyridine rings is 1. The van der Waals surface area contributed by atoms with E-state index in [1.54, 1.807) is 38.5 Å². The van der Waals surface area contributed by atoms with Crippen LogP contribution in [0, 0.1) is 5.82 Å². The van der Waals surface area contributed by atoms with Crippen molar-refractivity contribution in [3.8, 4) is 0 Å². The Morgan fingerprint density at radius 3 is 2.45 bits per heavy atom. The Hall–Kier alpha value is -5.26. The molecule has 1 unspecified atom stereocenters. The van der Waals surface area contributed by atoms with Crippen LogP contribution in [0.2, 0.25) is 0 Å². The molecule has 0 aliphatic carbocycles. The summed E-state index contributed by atoms with van der Waals surface area (Å²) in [5, 5.41) is 2.59. The maximum absolute atomic E-state index is 14.0. The molecule has 0 saturated carbocycles. The van der Waals surface area contributed by atoms with E-state index in [4.69, 9.17) is 4.74 Å². The molecule has 0 aliphatic heterocycles. The second-order valence-electron chi connectivity index (χ2n) is 10.6. The number of hydrogen-bond acceptors (Lipinski definition) is 6. The van der Waals surface area contributed by atoms with Crippen molar-refractivity contribution < 1.29 is 23.5 Å². The standard InChI is InChI=1S/C32H35FN6O5/c1-36(2)29(40)15-9-8-14-27(44-32(43)37(3)4)30(41)35-24-13-10-18-38(31(24)42)21-28-34-25-19-23(33)16-17-26(25)39(28)20-22-11-6-5-7-12-22/h5-7,9-13,15-19,27H,8,14,20-21H2,1-4H3,(H,35,41)/b15-9+. The van der Waals surface area contributed by atoms with Gasteiger partial charge in [-0.15, -0.1) is 0 Å². The minimum absolute atomic E-state index is 0.0153. The number of benzene rings is 2. The Kier molecular flexibility index (Phi) is 10.3. The molecule has 2 heterocycles. The molecule has 2 aromatic heterocycles. The molecule has 0 fully saturated rings. The molecule has 0 radical (unpaired) electrons. The first-order valence-electron chi connectivity index (χ1n) is 14.0. The highest BCUT2D eigenvalue weighted by Crippen LogP contribution is 2.20. The first kappa shape index (κ1) is 31.7. The average molecular weight is 603 g/mol. The number of nitrogens with one attached hydrogen (secondary N) is 1. The highest BCUT2D eigenvalue weighted by Gasteiger charge is 2.24. The van der Waals surface area contributed by atoms with Crippen molar-refractivity contribution in [2.24, 2.45) is 0 Å². The molecule has 4 rings (SSSR count). The van der Waals surface area contributed by atoms with Crippen molar-refractivity contribution in [2.75, 3.05) is 33.5 Å². The molecule has 2 aromatic carbocycles. The number of imidazole rings is 1. The van der Waals surface area contributed by atoms with Crippen LogP contribution in [0.1, 0.15) is 24.2 Å². The predicted octanol–water partition coefficient (Wildman–Crippen LogP) is 3.86. The first-order valence-corrected chi connectivity index (χ1v) is 14.0. The SMILES string of the molecule is CN(C)C(=O)/C=C/CCC(OC(=O)N(C)C)C(=O)Nc1cccn(Cc2nc3cc(F)ccc3n2Cc2ccccc2)c1=O. The van der Waals surface area contributed by atoms with Crippen LogP contribution in [0.25, 0.3) is 11.0 Å². The van der Waals surface area contributed by atoms with Crippen molar-refractivity contribution in [2.45, 2.75) is 32.0 Å². The summed E-state index contributed by atoms with van der Waals surface area (Å²) in [6.07, 6.45) is 2.95. The summed E-state index contributed by atoms with van der Waals surface area (Å²) in [6.45, 7) is 0.506. The molecule has 4 aromatic rings. The van der Waals surface area contributed by atoms with E-state index < -0.39 is 29.5 Å². The number of rotatable bonds is 11. The number of carbonyl (C=O) groups is 3. The molecule has 44 heavy (non-hydrogen) atoms. The molecule has 0 spiro atoms. The van der Waals surface area contributed by atoms with Gasteiger partial charge >= 0.3 is 6.09 Å². The summed E-state index contributed by atoms with van der Waals surface area (Å²) in [5.74, 6) is -0.797. The number of hydrogen-bond donors (Lipinski definition) is 1. The molecule has 0 aliphatic rings. The number of halogens is 1. The maximum atomic E-state index is 14.0. The van der Waals surface area contributed by atoms with Crippen LogP contribution in [0.4, 0.5) is 14.9 Å². The number of aromatic nitrogens is 3. The summed E-state index contributed by atoms with van der Waals surface area (Å²) >= 11 is 0. The molecule has 0 saturated heterocycles. The number of likely N-dealkylation sites (N-methyl/N-ethyl adjacent to an activating group) is 1. The van der Waals surface area contributed by atoms with Gasteiger partial charge in [0.05, 0.1) is 17.6 Å². The zero-order valence-electron chi connectivity index (χ0n) is 25.1. The fourth-order valence-electron chi connectivity index (χ4n) is 4.39. The van der Waals surface area contributed by atoms with Gasteiger partial charge in [-0.25, -0.2) is 14.2 Å². The van der Waals surface area contributed by atoms with Gasteiger partial charge in [-0.1, -0.05) is 36.4 Å². The number of carbonyl (C=O) groups excluding carboxylic acids is 3. The highest BCUT2D eigenvalue weighted by molar-refractivity contribution is 5.95. The van der Waals surface area contributed by atoms with Crippen LogP contribution in [-0.2, 0) is 27.4 Å². The number of allylic oxidation sites excluding steroid dienone is 1. The summed E-state index contributed by atoms with van der Waals surface area (Å²) in [5.41, 5.74) is 1.66. The van der Waals surface area contributed by atoms with E-state index in [0.29, 0.717) is 17.9 Å². The van der Waals surface area contributed by atoms with Gasteiger partial charge in [0.2, 0.25) is 5.91 Å². The van der Waals surface area contributed by atoms with Gasteiger partial charge in [-0.05, 0) is 48.7 Å².